The molecule has 0 radical (unpaired) electrons. The predicted molar refractivity (Wildman–Crippen MR) is 95.4 cm³/mol. The van der Waals surface area contributed by atoms with Gasteiger partial charge in [-0.1, -0.05) is 0 Å². The summed E-state index contributed by atoms with van der Waals surface area (Å²) < 4.78 is 35.6. The van der Waals surface area contributed by atoms with Gasteiger partial charge in [0.2, 0.25) is 5.91 Å². The Kier molecular flexibility index (Phi) is 6.92. The number of benzene rings is 1. The maximum Gasteiger partial charge on any atom is 0.221 e. The SMILES string of the molecule is Cl.O=C(CCS(=O)(=O)c1ccc2c(c1)OCCO2)NC1CCCNC1. The molecule has 1 aromatic rings. The van der Waals surface area contributed by atoms with Crippen LogP contribution >= 0.6 is 12.4 Å². The van der Waals surface area contributed by atoms with E-state index in [1.165, 1.54) is 12.1 Å². The van der Waals surface area contributed by atoms with Gasteiger partial charge < -0.3 is 20.1 Å². The summed E-state index contributed by atoms with van der Waals surface area (Å²) in [5.41, 5.74) is 0. The second kappa shape index (κ2) is 8.73. The lowest BCUT2D eigenvalue weighted by Gasteiger charge is -2.23. The zero-order valence-electron chi connectivity index (χ0n) is 13.8. The van der Waals surface area contributed by atoms with E-state index in [4.69, 9.17) is 9.47 Å². The molecule has 0 bridgehead atoms. The quantitative estimate of drug-likeness (QED) is 0.776. The van der Waals surface area contributed by atoms with Gasteiger partial charge in [0, 0.05) is 25.1 Å². The first kappa shape index (κ1) is 19.8. The van der Waals surface area contributed by atoms with Crippen LogP contribution in [0.15, 0.2) is 23.1 Å². The fourth-order valence-corrected chi connectivity index (χ4v) is 4.09. The maximum atomic E-state index is 12.4. The third kappa shape index (κ3) is 5.23. The van der Waals surface area contributed by atoms with E-state index in [0.29, 0.717) is 24.7 Å². The molecule has 2 heterocycles. The molecule has 7 nitrogen and oxygen atoms in total. The summed E-state index contributed by atoms with van der Waals surface area (Å²) in [7, 11) is -3.54. The Morgan fingerprint density at radius 2 is 2.00 bits per heavy atom. The first-order chi connectivity index (χ1) is 11.5. The molecule has 2 aliphatic rings. The average molecular weight is 391 g/mol. The molecule has 9 heteroatoms. The fourth-order valence-electron chi connectivity index (χ4n) is 2.84. The highest BCUT2D eigenvalue weighted by atomic mass is 35.5. The lowest BCUT2D eigenvalue weighted by molar-refractivity contribution is -0.121. The molecule has 2 N–H and O–H groups in total. The zero-order valence-corrected chi connectivity index (χ0v) is 15.5. The van der Waals surface area contributed by atoms with Gasteiger partial charge in [-0.25, -0.2) is 8.42 Å². The predicted octanol–water partition coefficient (Wildman–Crippen LogP) is 0.912. The molecule has 0 aromatic heterocycles. The summed E-state index contributed by atoms with van der Waals surface area (Å²) in [6, 6.07) is 4.64. The van der Waals surface area contributed by atoms with Crippen LogP contribution in [0.1, 0.15) is 19.3 Å². The van der Waals surface area contributed by atoms with Crippen molar-refractivity contribution >= 4 is 28.2 Å². The van der Waals surface area contributed by atoms with Crippen LogP contribution in [0.5, 0.6) is 11.5 Å². The number of hydrogen-bond donors (Lipinski definition) is 2. The van der Waals surface area contributed by atoms with Crippen LogP contribution in [0.2, 0.25) is 0 Å². The Labute approximate surface area is 153 Å². The van der Waals surface area contributed by atoms with E-state index in [2.05, 4.69) is 10.6 Å². The number of rotatable bonds is 5. The molecular weight excluding hydrogens is 368 g/mol. The lowest BCUT2D eigenvalue weighted by atomic mass is 10.1. The number of hydrogen-bond acceptors (Lipinski definition) is 6. The molecule has 0 saturated carbocycles. The van der Waals surface area contributed by atoms with Crippen LogP contribution in [0.4, 0.5) is 0 Å². The van der Waals surface area contributed by atoms with Crippen LogP contribution in [0.3, 0.4) is 0 Å². The van der Waals surface area contributed by atoms with Crippen molar-refractivity contribution < 1.29 is 22.7 Å². The van der Waals surface area contributed by atoms with E-state index in [1.54, 1.807) is 6.07 Å². The number of ether oxygens (including phenoxy) is 2. The summed E-state index contributed by atoms with van der Waals surface area (Å²) in [5, 5.41) is 6.09. The second-order valence-electron chi connectivity index (χ2n) is 5.99. The fraction of sp³-hybridized carbons (Fsp3) is 0.562. The highest BCUT2D eigenvalue weighted by molar-refractivity contribution is 7.91. The lowest BCUT2D eigenvalue weighted by Crippen LogP contribution is -2.45. The van der Waals surface area contributed by atoms with E-state index in [9.17, 15) is 13.2 Å². The molecule has 25 heavy (non-hydrogen) atoms. The number of carbonyl (C=O) groups is 1. The van der Waals surface area contributed by atoms with Crippen LogP contribution < -0.4 is 20.1 Å². The highest BCUT2D eigenvalue weighted by Crippen LogP contribution is 2.32. The Bertz CT molecular complexity index is 704. The summed E-state index contributed by atoms with van der Waals surface area (Å²) in [6.07, 6.45) is 1.89. The normalized spacial score (nSPS) is 19.6. The van der Waals surface area contributed by atoms with Gasteiger partial charge >= 0.3 is 0 Å². The number of fused-ring (bicyclic) bond motifs is 1. The topological polar surface area (TPSA) is 93.7 Å². The van der Waals surface area contributed by atoms with Crippen molar-refractivity contribution in [3.05, 3.63) is 18.2 Å². The largest absolute Gasteiger partial charge is 0.486 e. The summed E-state index contributed by atoms with van der Waals surface area (Å²) in [6.45, 7) is 2.55. The van der Waals surface area contributed by atoms with Gasteiger partial charge in [0.05, 0.1) is 10.6 Å². The minimum Gasteiger partial charge on any atom is -0.486 e. The van der Waals surface area contributed by atoms with Gasteiger partial charge in [0.25, 0.3) is 0 Å². The van der Waals surface area contributed by atoms with Crippen molar-refractivity contribution in [2.75, 3.05) is 32.1 Å². The first-order valence-electron chi connectivity index (χ1n) is 8.17. The maximum absolute atomic E-state index is 12.4. The molecule has 140 valence electrons. The molecule has 1 saturated heterocycles. The van der Waals surface area contributed by atoms with Gasteiger partial charge in [-0.3, -0.25) is 4.79 Å². The standard InChI is InChI=1S/C16H22N2O5S.ClH/c19-16(18-12-2-1-6-17-11-12)5-9-24(20,21)13-3-4-14-15(10-13)23-8-7-22-14;/h3-4,10,12,17H,1-2,5-9,11H2,(H,18,19);1H. The molecular formula is C16H23ClN2O5S. The molecule has 1 aromatic carbocycles. The molecule has 1 unspecified atom stereocenters. The zero-order chi connectivity index (χ0) is 17.0. The highest BCUT2D eigenvalue weighted by Gasteiger charge is 2.22. The van der Waals surface area contributed by atoms with Crippen LogP contribution in [-0.2, 0) is 14.6 Å². The Balaban J connectivity index is 0.00000225. The monoisotopic (exact) mass is 390 g/mol. The van der Waals surface area contributed by atoms with Crippen LogP contribution in [0, 0.1) is 0 Å². The van der Waals surface area contributed by atoms with Gasteiger partial charge in [-0.2, -0.15) is 0 Å². The molecule has 0 spiro atoms. The second-order valence-corrected chi connectivity index (χ2v) is 8.09. The van der Waals surface area contributed by atoms with Crippen molar-refractivity contribution in [2.45, 2.75) is 30.2 Å². The van der Waals surface area contributed by atoms with Gasteiger partial charge in [0.1, 0.15) is 13.2 Å². The Morgan fingerprint density at radius 1 is 1.24 bits per heavy atom. The van der Waals surface area contributed by atoms with Crippen LogP contribution in [-0.4, -0.2) is 52.4 Å². The van der Waals surface area contributed by atoms with E-state index < -0.39 is 9.84 Å². The van der Waals surface area contributed by atoms with Crippen molar-refractivity contribution in [1.29, 1.82) is 0 Å². The average Bonchev–Trinajstić information content (AvgIpc) is 2.60. The summed E-state index contributed by atoms with van der Waals surface area (Å²) >= 11 is 0. The smallest absolute Gasteiger partial charge is 0.221 e. The Morgan fingerprint density at radius 3 is 2.72 bits per heavy atom. The Hall–Kier alpha value is -1.51. The van der Waals surface area contributed by atoms with Crippen molar-refractivity contribution in [3.8, 4) is 11.5 Å². The number of halogens is 1. The van der Waals surface area contributed by atoms with E-state index >= 15 is 0 Å². The number of carbonyl (C=O) groups excluding carboxylic acids is 1. The molecule has 2 aliphatic heterocycles. The van der Waals surface area contributed by atoms with Gasteiger partial charge in [-0.15, -0.1) is 12.4 Å². The number of amides is 1. The van der Waals surface area contributed by atoms with E-state index in [1.807, 2.05) is 0 Å². The van der Waals surface area contributed by atoms with Crippen molar-refractivity contribution in [2.24, 2.45) is 0 Å². The van der Waals surface area contributed by atoms with E-state index in [0.717, 1.165) is 25.9 Å². The number of piperidine rings is 1. The van der Waals surface area contributed by atoms with Gasteiger partial charge in [0.15, 0.2) is 21.3 Å². The minimum absolute atomic E-state index is 0. The molecule has 1 atom stereocenters. The van der Waals surface area contributed by atoms with Crippen LogP contribution in [0.25, 0.3) is 0 Å². The molecule has 3 rings (SSSR count). The molecule has 1 amide bonds. The van der Waals surface area contributed by atoms with Gasteiger partial charge in [-0.05, 0) is 31.5 Å². The summed E-state index contributed by atoms with van der Waals surface area (Å²) in [5.74, 6) is 0.520. The third-order valence-electron chi connectivity index (χ3n) is 4.13. The first-order valence-corrected chi connectivity index (χ1v) is 9.82. The van der Waals surface area contributed by atoms with Crippen molar-refractivity contribution in [3.63, 3.8) is 0 Å². The minimum atomic E-state index is -3.54. The number of sulfone groups is 1. The number of nitrogens with one attached hydrogen (secondary N) is 2. The summed E-state index contributed by atoms with van der Waals surface area (Å²) in [4.78, 5) is 12.1. The molecule has 0 aliphatic carbocycles. The third-order valence-corrected chi connectivity index (χ3v) is 5.85. The van der Waals surface area contributed by atoms with Crippen molar-refractivity contribution in [1.82, 2.24) is 10.6 Å². The molecule has 1 fully saturated rings. The van der Waals surface area contributed by atoms with E-state index in [-0.39, 0.29) is 41.4 Å².